The molecule has 0 aliphatic heterocycles. The Bertz CT molecular complexity index is 647. The first-order valence-electron chi connectivity index (χ1n) is 6.46. The fourth-order valence-corrected chi connectivity index (χ4v) is 2.07. The van der Waals surface area contributed by atoms with Crippen LogP contribution in [0.2, 0.25) is 0 Å². The zero-order chi connectivity index (χ0) is 15.4. The van der Waals surface area contributed by atoms with Gasteiger partial charge in [-0.1, -0.05) is 6.07 Å². The van der Waals surface area contributed by atoms with E-state index in [2.05, 4.69) is 4.98 Å². The molecule has 21 heavy (non-hydrogen) atoms. The van der Waals surface area contributed by atoms with Crippen LogP contribution in [0.3, 0.4) is 0 Å². The van der Waals surface area contributed by atoms with E-state index in [1.807, 2.05) is 0 Å². The highest BCUT2D eigenvalue weighted by Crippen LogP contribution is 2.32. The highest BCUT2D eigenvalue weighted by Gasteiger charge is 2.28. The number of ether oxygens (including phenoxy) is 1. The molecule has 0 aliphatic rings. The molecular formula is C15H16FN3O2. The molecule has 0 saturated heterocycles. The number of carbonyl (C=O) groups excluding carboxylic acids is 1. The van der Waals surface area contributed by atoms with Gasteiger partial charge in [0.15, 0.2) is 5.82 Å². The Morgan fingerprint density at radius 2 is 1.95 bits per heavy atom. The number of benzene rings is 1. The zero-order valence-electron chi connectivity index (χ0n) is 11.5. The fourth-order valence-electron chi connectivity index (χ4n) is 2.07. The number of hydrogen-bond acceptors (Lipinski definition) is 5. The summed E-state index contributed by atoms with van der Waals surface area (Å²) in [6.45, 7) is 1.89. The lowest BCUT2D eigenvalue weighted by Gasteiger charge is -2.18. The Labute approximate surface area is 121 Å². The zero-order valence-corrected chi connectivity index (χ0v) is 11.5. The molecule has 4 N–H and O–H groups in total. The van der Waals surface area contributed by atoms with Crippen LogP contribution in [0.25, 0.3) is 0 Å². The summed E-state index contributed by atoms with van der Waals surface area (Å²) in [5.41, 5.74) is 11.8. The van der Waals surface area contributed by atoms with E-state index in [9.17, 15) is 9.18 Å². The summed E-state index contributed by atoms with van der Waals surface area (Å²) >= 11 is 0. The Morgan fingerprint density at radius 1 is 1.29 bits per heavy atom. The van der Waals surface area contributed by atoms with Gasteiger partial charge < -0.3 is 16.2 Å². The monoisotopic (exact) mass is 289 g/mol. The Balaban J connectivity index is 2.56. The van der Waals surface area contributed by atoms with Crippen molar-refractivity contribution >= 4 is 17.3 Å². The summed E-state index contributed by atoms with van der Waals surface area (Å²) in [4.78, 5) is 16.1. The van der Waals surface area contributed by atoms with Crippen molar-refractivity contribution in [2.24, 2.45) is 0 Å². The van der Waals surface area contributed by atoms with Crippen LogP contribution < -0.4 is 11.5 Å². The molecule has 2 aromatic rings. The van der Waals surface area contributed by atoms with Gasteiger partial charge in [-0.3, -0.25) is 9.78 Å². The first-order valence-corrected chi connectivity index (χ1v) is 6.46. The summed E-state index contributed by atoms with van der Waals surface area (Å²) in [5.74, 6) is -2.16. The predicted molar refractivity (Wildman–Crippen MR) is 77.9 cm³/mol. The number of pyridine rings is 1. The number of aromatic nitrogens is 1. The number of halogens is 1. The molecule has 0 fully saturated rings. The number of rotatable bonds is 4. The lowest BCUT2D eigenvalue weighted by Crippen LogP contribution is -2.19. The first kappa shape index (κ1) is 14.8. The molecule has 0 bridgehead atoms. The van der Waals surface area contributed by atoms with Gasteiger partial charge in [-0.15, -0.1) is 0 Å². The van der Waals surface area contributed by atoms with Gasteiger partial charge >= 0.3 is 5.97 Å². The molecule has 6 heteroatoms. The van der Waals surface area contributed by atoms with Crippen molar-refractivity contribution in [2.45, 2.75) is 12.8 Å². The molecule has 0 spiro atoms. The number of anilines is 2. The van der Waals surface area contributed by atoms with Crippen molar-refractivity contribution in [3.8, 4) is 0 Å². The topological polar surface area (TPSA) is 91.2 Å². The first-order chi connectivity index (χ1) is 10.1. The molecule has 1 heterocycles. The lowest BCUT2D eigenvalue weighted by molar-refractivity contribution is -0.143. The predicted octanol–water partition coefficient (Wildman–Crippen LogP) is 2.08. The van der Waals surface area contributed by atoms with E-state index < -0.39 is 17.7 Å². The van der Waals surface area contributed by atoms with Gasteiger partial charge in [-0.2, -0.15) is 0 Å². The summed E-state index contributed by atoms with van der Waals surface area (Å²) in [6, 6.07) is 6.19. The van der Waals surface area contributed by atoms with Crippen LogP contribution in [-0.2, 0) is 9.53 Å². The maximum Gasteiger partial charge on any atom is 0.318 e. The second-order valence-corrected chi connectivity index (χ2v) is 4.44. The number of nitrogens with two attached hydrogens (primary N) is 2. The van der Waals surface area contributed by atoms with Gasteiger partial charge in [0.05, 0.1) is 18.0 Å². The molecule has 2 rings (SSSR count). The van der Waals surface area contributed by atoms with Gasteiger partial charge in [-0.05, 0) is 30.7 Å². The quantitative estimate of drug-likeness (QED) is 0.664. The van der Waals surface area contributed by atoms with Gasteiger partial charge in [0.1, 0.15) is 5.92 Å². The van der Waals surface area contributed by atoms with Gasteiger partial charge in [0, 0.05) is 18.0 Å². The second kappa shape index (κ2) is 6.21. The maximum absolute atomic E-state index is 14.4. The average molecular weight is 289 g/mol. The molecule has 0 amide bonds. The number of hydrogen-bond donors (Lipinski definition) is 2. The van der Waals surface area contributed by atoms with E-state index in [4.69, 9.17) is 16.2 Å². The smallest absolute Gasteiger partial charge is 0.318 e. The summed E-state index contributed by atoms with van der Waals surface area (Å²) in [6.07, 6.45) is 3.06. The summed E-state index contributed by atoms with van der Waals surface area (Å²) in [7, 11) is 0. The molecule has 0 aliphatic carbocycles. The van der Waals surface area contributed by atoms with Crippen LogP contribution >= 0.6 is 0 Å². The van der Waals surface area contributed by atoms with Gasteiger partial charge in [0.2, 0.25) is 0 Å². The van der Waals surface area contributed by atoms with Crippen molar-refractivity contribution < 1.29 is 13.9 Å². The highest BCUT2D eigenvalue weighted by molar-refractivity contribution is 5.83. The van der Waals surface area contributed by atoms with E-state index >= 15 is 0 Å². The molecule has 110 valence electrons. The summed E-state index contributed by atoms with van der Waals surface area (Å²) < 4.78 is 19.4. The second-order valence-electron chi connectivity index (χ2n) is 4.44. The van der Waals surface area contributed by atoms with E-state index in [0.29, 0.717) is 5.56 Å². The summed E-state index contributed by atoms with van der Waals surface area (Å²) in [5, 5.41) is 0. The molecule has 5 nitrogen and oxygen atoms in total. The minimum atomic E-state index is -0.907. The third-order valence-electron chi connectivity index (χ3n) is 3.12. The molecule has 1 unspecified atom stereocenters. The van der Waals surface area contributed by atoms with Crippen LogP contribution in [0.1, 0.15) is 24.0 Å². The third-order valence-corrected chi connectivity index (χ3v) is 3.12. The van der Waals surface area contributed by atoms with Crippen molar-refractivity contribution in [2.75, 3.05) is 18.1 Å². The van der Waals surface area contributed by atoms with Crippen molar-refractivity contribution in [3.05, 3.63) is 53.6 Å². The highest BCUT2D eigenvalue weighted by atomic mass is 19.1. The Kier molecular flexibility index (Phi) is 4.37. The molecule has 1 aromatic heterocycles. The number of nitrogens with zero attached hydrogens (tertiary/aromatic N) is 1. The largest absolute Gasteiger partial charge is 0.465 e. The molecular weight excluding hydrogens is 273 g/mol. The third kappa shape index (κ3) is 2.94. The molecule has 0 radical (unpaired) electrons. The van der Waals surface area contributed by atoms with Crippen LogP contribution in [0.5, 0.6) is 0 Å². The van der Waals surface area contributed by atoms with E-state index in [-0.39, 0.29) is 23.5 Å². The molecule has 0 saturated carbocycles. The minimum Gasteiger partial charge on any atom is -0.465 e. The Hall–Kier alpha value is -2.63. The van der Waals surface area contributed by atoms with Gasteiger partial charge in [0.25, 0.3) is 0 Å². The van der Waals surface area contributed by atoms with Crippen LogP contribution in [0, 0.1) is 5.82 Å². The number of nitrogen functional groups attached to an aromatic ring is 2. The van der Waals surface area contributed by atoms with Crippen LogP contribution in [0.15, 0.2) is 36.7 Å². The minimum absolute atomic E-state index is 0.131. The van der Waals surface area contributed by atoms with Crippen LogP contribution in [0.4, 0.5) is 15.8 Å². The standard InChI is InChI=1S/C15H16FN3O2/c1-2-21-15(20)12(9-5-7-19-8-6-9)10-3-4-11(17)14(18)13(10)16/h3-8,12H,2,17-18H2,1H3. The van der Waals surface area contributed by atoms with Crippen molar-refractivity contribution in [1.82, 2.24) is 4.98 Å². The average Bonchev–Trinajstić information content (AvgIpc) is 2.49. The van der Waals surface area contributed by atoms with E-state index in [1.165, 1.54) is 24.5 Å². The van der Waals surface area contributed by atoms with Gasteiger partial charge in [-0.25, -0.2) is 4.39 Å². The SMILES string of the molecule is CCOC(=O)C(c1ccncc1)c1ccc(N)c(N)c1F. The normalized spacial score (nSPS) is 11.9. The maximum atomic E-state index is 14.4. The van der Waals surface area contributed by atoms with E-state index in [0.717, 1.165) is 0 Å². The van der Waals surface area contributed by atoms with Crippen molar-refractivity contribution in [1.29, 1.82) is 0 Å². The van der Waals surface area contributed by atoms with Crippen LogP contribution in [-0.4, -0.2) is 17.6 Å². The number of carbonyl (C=O) groups is 1. The van der Waals surface area contributed by atoms with Crippen molar-refractivity contribution in [3.63, 3.8) is 0 Å². The number of esters is 1. The molecule has 1 aromatic carbocycles. The molecule has 1 atom stereocenters. The Morgan fingerprint density at radius 3 is 2.57 bits per heavy atom. The fraction of sp³-hybridized carbons (Fsp3) is 0.200. The van der Waals surface area contributed by atoms with E-state index in [1.54, 1.807) is 19.1 Å². The lowest BCUT2D eigenvalue weighted by atomic mass is 9.91.